The fraction of sp³-hybridized carbons (Fsp3) is 0.0870. The molecule has 0 unspecified atom stereocenters. The number of esters is 1. The lowest BCUT2D eigenvalue weighted by Gasteiger charge is -2.08. The first-order valence-electron chi connectivity index (χ1n) is 8.97. The molecule has 0 atom stereocenters. The van der Waals surface area contributed by atoms with E-state index in [2.05, 4.69) is 5.32 Å². The molecule has 6 nitrogen and oxygen atoms in total. The van der Waals surface area contributed by atoms with Gasteiger partial charge in [0, 0.05) is 21.8 Å². The molecule has 3 aromatic carbocycles. The molecule has 0 heterocycles. The first-order chi connectivity index (χ1) is 14.5. The molecule has 1 amide bonds. The summed E-state index contributed by atoms with van der Waals surface area (Å²) in [5.74, 6) is -0.621. The summed E-state index contributed by atoms with van der Waals surface area (Å²) >= 11 is 5.81. The molecule has 3 aromatic rings. The zero-order valence-electron chi connectivity index (χ0n) is 16.1. The zero-order chi connectivity index (χ0) is 21.5. The zero-order valence-corrected chi connectivity index (χ0v) is 16.8. The van der Waals surface area contributed by atoms with E-state index >= 15 is 0 Å². The minimum Gasteiger partial charge on any atom is -0.497 e. The molecular formula is C23H18ClNO5. The number of methoxy groups -OCH3 is 1. The van der Waals surface area contributed by atoms with Gasteiger partial charge in [0.25, 0.3) is 5.91 Å². The largest absolute Gasteiger partial charge is 0.497 e. The van der Waals surface area contributed by atoms with Crippen molar-refractivity contribution in [3.8, 4) is 5.75 Å². The average Bonchev–Trinajstić information content (AvgIpc) is 2.78. The molecule has 0 aliphatic carbocycles. The minimum atomic E-state index is -0.632. The topological polar surface area (TPSA) is 81.7 Å². The van der Waals surface area contributed by atoms with Crippen LogP contribution < -0.4 is 10.1 Å². The molecule has 1 N–H and O–H groups in total. The van der Waals surface area contributed by atoms with Crippen LogP contribution in [0.4, 0.5) is 5.69 Å². The van der Waals surface area contributed by atoms with Crippen molar-refractivity contribution in [3.63, 3.8) is 0 Å². The molecular weight excluding hydrogens is 406 g/mol. The second kappa shape index (κ2) is 9.71. The Morgan fingerprint density at radius 1 is 0.800 bits per heavy atom. The number of ketones is 1. The van der Waals surface area contributed by atoms with Gasteiger partial charge in [-0.15, -0.1) is 0 Å². The van der Waals surface area contributed by atoms with Gasteiger partial charge in [0.1, 0.15) is 5.75 Å². The lowest BCUT2D eigenvalue weighted by molar-refractivity contribution is 0.0474. The van der Waals surface area contributed by atoms with Crippen LogP contribution in [0.25, 0.3) is 0 Å². The van der Waals surface area contributed by atoms with Gasteiger partial charge in [0.05, 0.1) is 12.7 Å². The Labute approximate surface area is 178 Å². The Morgan fingerprint density at radius 2 is 1.37 bits per heavy atom. The lowest BCUT2D eigenvalue weighted by Crippen LogP contribution is -2.15. The highest BCUT2D eigenvalue weighted by Crippen LogP contribution is 2.15. The second-order valence-electron chi connectivity index (χ2n) is 6.27. The Kier molecular flexibility index (Phi) is 6.83. The van der Waals surface area contributed by atoms with Gasteiger partial charge in [-0.2, -0.15) is 0 Å². The van der Waals surface area contributed by atoms with E-state index in [0.717, 1.165) is 0 Å². The van der Waals surface area contributed by atoms with Crippen LogP contribution in [0.15, 0.2) is 72.8 Å². The Morgan fingerprint density at radius 3 is 1.97 bits per heavy atom. The van der Waals surface area contributed by atoms with Crippen LogP contribution in [0.2, 0.25) is 5.02 Å². The number of benzene rings is 3. The molecule has 0 saturated heterocycles. The highest BCUT2D eigenvalue weighted by Gasteiger charge is 2.13. The van der Waals surface area contributed by atoms with Crippen molar-refractivity contribution in [2.75, 3.05) is 19.0 Å². The third-order valence-corrected chi connectivity index (χ3v) is 4.48. The van der Waals surface area contributed by atoms with Crippen molar-refractivity contribution in [3.05, 3.63) is 94.5 Å². The monoisotopic (exact) mass is 423 g/mol. The SMILES string of the molecule is COc1ccc(C(=O)COC(=O)c2ccc(NC(=O)c3ccc(Cl)cc3)cc2)cc1. The molecule has 0 spiro atoms. The van der Waals surface area contributed by atoms with Gasteiger partial charge < -0.3 is 14.8 Å². The predicted octanol–water partition coefficient (Wildman–Crippen LogP) is 4.64. The smallest absolute Gasteiger partial charge is 0.338 e. The fourth-order valence-electron chi connectivity index (χ4n) is 2.57. The normalized spacial score (nSPS) is 10.2. The van der Waals surface area contributed by atoms with E-state index in [-0.39, 0.29) is 23.9 Å². The van der Waals surface area contributed by atoms with Crippen LogP contribution in [0.3, 0.4) is 0 Å². The lowest BCUT2D eigenvalue weighted by atomic mass is 10.1. The second-order valence-corrected chi connectivity index (χ2v) is 6.70. The number of amides is 1. The van der Waals surface area contributed by atoms with Crippen LogP contribution in [0, 0.1) is 0 Å². The summed E-state index contributed by atoms with van der Waals surface area (Å²) in [7, 11) is 1.53. The van der Waals surface area contributed by atoms with Gasteiger partial charge in [0.2, 0.25) is 0 Å². The number of nitrogens with one attached hydrogen (secondary N) is 1. The summed E-state index contributed by atoms with van der Waals surface area (Å²) in [6.45, 7) is -0.375. The van der Waals surface area contributed by atoms with E-state index in [1.54, 1.807) is 60.7 Å². The number of ether oxygens (including phenoxy) is 2. The Bertz CT molecular complexity index is 1040. The number of rotatable bonds is 7. The van der Waals surface area contributed by atoms with E-state index in [0.29, 0.717) is 27.6 Å². The molecule has 0 saturated carbocycles. The fourth-order valence-corrected chi connectivity index (χ4v) is 2.69. The standard InChI is InChI=1S/C23H18ClNO5/c1-29-20-12-6-15(7-13-20)21(26)14-30-23(28)17-4-10-19(11-5-17)25-22(27)16-2-8-18(24)9-3-16/h2-13H,14H2,1H3,(H,25,27). The third-order valence-electron chi connectivity index (χ3n) is 4.23. The van der Waals surface area contributed by atoms with Crippen molar-refractivity contribution in [1.29, 1.82) is 0 Å². The number of hydrogen-bond acceptors (Lipinski definition) is 5. The van der Waals surface area contributed by atoms with Gasteiger partial charge in [-0.3, -0.25) is 9.59 Å². The van der Waals surface area contributed by atoms with Crippen LogP contribution >= 0.6 is 11.6 Å². The molecule has 152 valence electrons. The van der Waals surface area contributed by atoms with Crippen molar-refractivity contribution >= 4 is 34.9 Å². The van der Waals surface area contributed by atoms with Gasteiger partial charge >= 0.3 is 5.97 Å². The van der Waals surface area contributed by atoms with Crippen LogP contribution in [0.1, 0.15) is 31.1 Å². The van der Waals surface area contributed by atoms with Gasteiger partial charge in [-0.25, -0.2) is 4.79 Å². The van der Waals surface area contributed by atoms with Crippen molar-refractivity contribution < 1.29 is 23.9 Å². The maximum atomic E-state index is 12.2. The first-order valence-corrected chi connectivity index (χ1v) is 9.35. The van der Waals surface area contributed by atoms with E-state index in [4.69, 9.17) is 21.1 Å². The maximum absolute atomic E-state index is 12.2. The average molecular weight is 424 g/mol. The van der Waals surface area contributed by atoms with Gasteiger partial charge in [-0.1, -0.05) is 11.6 Å². The highest BCUT2D eigenvalue weighted by molar-refractivity contribution is 6.30. The molecule has 0 bridgehead atoms. The summed E-state index contributed by atoms with van der Waals surface area (Å²) < 4.78 is 10.1. The number of Topliss-reactive ketones (excluding diaryl/α,β-unsaturated/α-hetero) is 1. The summed E-state index contributed by atoms with van der Waals surface area (Å²) in [4.78, 5) is 36.5. The summed E-state index contributed by atoms with van der Waals surface area (Å²) in [5.41, 5.74) is 1.66. The number of hydrogen-bond donors (Lipinski definition) is 1. The molecule has 0 aliphatic rings. The molecule has 0 aliphatic heterocycles. The van der Waals surface area contributed by atoms with E-state index in [1.165, 1.54) is 19.2 Å². The van der Waals surface area contributed by atoms with E-state index in [1.807, 2.05) is 0 Å². The molecule has 30 heavy (non-hydrogen) atoms. The highest BCUT2D eigenvalue weighted by atomic mass is 35.5. The van der Waals surface area contributed by atoms with Gasteiger partial charge in [-0.05, 0) is 72.8 Å². The van der Waals surface area contributed by atoms with Crippen molar-refractivity contribution in [2.24, 2.45) is 0 Å². The van der Waals surface area contributed by atoms with Crippen molar-refractivity contribution in [2.45, 2.75) is 0 Å². The number of anilines is 1. The van der Waals surface area contributed by atoms with Crippen molar-refractivity contribution in [1.82, 2.24) is 0 Å². The predicted molar refractivity (Wildman–Crippen MR) is 113 cm³/mol. The number of carbonyl (C=O) groups is 3. The quantitative estimate of drug-likeness (QED) is 0.442. The first kappa shape index (κ1) is 21.1. The maximum Gasteiger partial charge on any atom is 0.338 e. The molecule has 0 fully saturated rings. The summed E-state index contributed by atoms with van der Waals surface area (Å²) in [5, 5.41) is 3.27. The number of halogens is 1. The van der Waals surface area contributed by atoms with Crippen LogP contribution in [0.5, 0.6) is 5.75 Å². The molecule has 0 radical (unpaired) electrons. The van der Waals surface area contributed by atoms with E-state index < -0.39 is 5.97 Å². The third kappa shape index (κ3) is 5.46. The van der Waals surface area contributed by atoms with E-state index in [9.17, 15) is 14.4 Å². The Hall–Kier alpha value is -3.64. The summed E-state index contributed by atoms with van der Waals surface area (Å²) in [6.07, 6.45) is 0. The summed E-state index contributed by atoms with van der Waals surface area (Å²) in [6, 6.07) is 19.2. The van der Waals surface area contributed by atoms with Gasteiger partial charge in [0.15, 0.2) is 12.4 Å². The molecule has 0 aromatic heterocycles. The molecule has 3 rings (SSSR count). The molecule has 7 heteroatoms. The number of carbonyl (C=O) groups excluding carboxylic acids is 3. The minimum absolute atomic E-state index is 0.266. The van der Waals surface area contributed by atoms with Crippen LogP contribution in [-0.4, -0.2) is 31.4 Å². The van der Waals surface area contributed by atoms with Crippen LogP contribution in [-0.2, 0) is 4.74 Å². The Balaban J connectivity index is 1.54.